The van der Waals surface area contributed by atoms with Gasteiger partial charge < -0.3 is 10.7 Å². The van der Waals surface area contributed by atoms with Crippen LogP contribution < -0.4 is 5.73 Å². The van der Waals surface area contributed by atoms with E-state index in [4.69, 9.17) is 5.73 Å². The second kappa shape index (κ2) is 3.33. The molecule has 14 heavy (non-hydrogen) atoms. The number of amides is 1. The molecule has 4 nitrogen and oxygen atoms in total. The van der Waals surface area contributed by atoms with Crippen molar-refractivity contribution < 1.29 is 4.79 Å². The lowest BCUT2D eigenvalue weighted by atomic mass is 10.1. The number of aromatic amines is 1. The number of aromatic nitrogens is 2. The molecule has 0 atom stereocenters. The molecular formula is C10H9N3O. The molecule has 1 amide bonds. The monoisotopic (exact) mass is 187 g/mol. The van der Waals surface area contributed by atoms with Crippen LogP contribution in [-0.2, 0) is 0 Å². The zero-order chi connectivity index (χ0) is 9.97. The highest BCUT2D eigenvalue weighted by Gasteiger charge is 2.09. The van der Waals surface area contributed by atoms with Gasteiger partial charge in [-0.15, -0.1) is 0 Å². The van der Waals surface area contributed by atoms with Crippen molar-refractivity contribution in [2.24, 2.45) is 5.73 Å². The number of imidazole rings is 1. The van der Waals surface area contributed by atoms with Gasteiger partial charge in [0.05, 0.1) is 18.2 Å². The summed E-state index contributed by atoms with van der Waals surface area (Å²) in [4.78, 5) is 17.9. The number of nitrogens with zero attached hydrogens (tertiary/aromatic N) is 1. The molecule has 0 unspecified atom stereocenters. The van der Waals surface area contributed by atoms with Crippen molar-refractivity contribution in [3.63, 3.8) is 0 Å². The van der Waals surface area contributed by atoms with Crippen molar-refractivity contribution in [2.75, 3.05) is 0 Å². The van der Waals surface area contributed by atoms with Gasteiger partial charge >= 0.3 is 0 Å². The Morgan fingerprint density at radius 2 is 2.14 bits per heavy atom. The number of carbonyl (C=O) groups is 1. The predicted octanol–water partition coefficient (Wildman–Crippen LogP) is 1.18. The summed E-state index contributed by atoms with van der Waals surface area (Å²) >= 11 is 0. The van der Waals surface area contributed by atoms with Gasteiger partial charge in [0.15, 0.2) is 0 Å². The lowest BCUT2D eigenvalue weighted by Crippen LogP contribution is -2.12. The van der Waals surface area contributed by atoms with Gasteiger partial charge in [0, 0.05) is 11.1 Å². The van der Waals surface area contributed by atoms with Crippen molar-refractivity contribution in [1.29, 1.82) is 0 Å². The Labute approximate surface area is 80.8 Å². The van der Waals surface area contributed by atoms with Gasteiger partial charge in [0.2, 0.25) is 5.91 Å². The fraction of sp³-hybridized carbons (Fsp3) is 0. The SMILES string of the molecule is NC(=O)c1ccccc1-c1cnc[nH]1. The number of carbonyl (C=O) groups excluding carboxylic acids is 1. The van der Waals surface area contributed by atoms with Crippen molar-refractivity contribution in [2.45, 2.75) is 0 Å². The first-order valence-corrected chi connectivity index (χ1v) is 4.16. The fourth-order valence-electron chi connectivity index (χ4n) is 1.34. The second-order valence-corrected chi connectivity index (χ2v) is 2.88. The van der Waals surface area contributed by atoms with Gasteiger partial charge in [-0.2, -0.15) is 0 Å². The quantitative estimate of drug-likeness (QED) is 0.740. The van der Waals surface area contributed by atoms with E-state index in [1.54, 1.807) is 24.7 Å². The van der Waals surface area contributed by atoms with Gasteiger partial charge in [-0.05, 0) is 6.07 Å². The first kappa shape index (κ1) is 8.50. The van der Waals surface area contributed by atoms with Crippen LogP contribution in [-0.4, -0.2) is 15.9 Å². The summed E-state index contributed by atoms with van der Waals surface area (Å²) in [7, 11) is 0. The molecule has 0 spiro atoms. The van der Waals surface area contributed by atoms with Crippen LogP contribution in [0.4, 0.5) is 0 Å². The van der Waals surface area contributed by atoms with E-state index < -0.39 is 5.91 Å². The summed E-state index contributed by atoms with van der Waals surface area (Å²) in [6, 6.07) is 7.15. The third-order valence-electron chi connectivity index (χ3n) is 1.98. The first-order valence-electron chi connectivity index (χ1n) is 4.16. The van der Waals surface area contributed by atoms with Crippen LogP contribution in [0.3, 0.4) is 0 Å². The number of benzene rings is 1. The van der Waals surface area contributed by atoms with Crippen molar-refractivity contribution >= 4 is 5.91 Å². The number of hydrogen-bond donors (Lipinski definition) is 2. The summed E-state index contributed by atoms with van der Waals surface area (Å²) in [6.07, 6.45) is 3.22. The van der Waals surface area contributed by atoms with Crippen LogP contribution in [0.25, 0.3) is 11.3 Å². The third kappa shape index (κ3) is 1.37. The minimum Gasteiger partial charge on any atom is -0.366 e. The minimum atomic E-state index is -0.435. The van der Waals surface area contributed by atoms with Crippen LogP contribution in [0, 0.1) is 0 Å². The molecule has 0 aliphatic carbocycles. The van der Waals surface area contributed by atoms with Gasteiger partial charge in [-0.1, -0.05) is 18.2 Å². The number of H-pyrrole nitrogens is 1. The molecule has 1 heterocycles. The summed E-state index contributed by atoms with van der Waals surface area (Å²) in [5.74, 6) is -0.435. The van der Waals surface area contributed by atoms with Crippen molar-refractivity contribution in [3.05, 3.63) is 42.4 Å². The van der Waals surface area contributed by atoms with Crippen LogP contribution in [0.15, 0.2) is 36.8 Å². The zero-order valence-corrected chi connectivity index (χ0v) is 7.40. The lowest BCUT2D eigenvalue weighted by molar-refractivity contribution is 0.100. The highest BCUT2D eigenvalue weighted by molar-refractivity contribution is 5.99. The van der Waals surface area contributed by atoms with Gasteiger partial charge in [-0.25, -0.2) is 4.98 Å². The molecule has 1 aromatic carbocycles. The van der Waals surface area contributed by atoms with Gasteiger partial charge in [0.1, 0.15) is 0 Å². The number of hydrogen-bond acceptors (Lipinski definition) is 2. The molecule has 0 fully saturated rings. The van der Waals surface area contributed by atoms with E-state index in [2.05, 4.69) is 9.97 Å². The van der Waals surface area contributed by atoms with E-state index in [0.717, 1.165) is 11.3 Å². The number of nitrogens with two attached hydrogens (primary N) is 1. The van der Waals surface area contributed by atoms with Crippen LogP contribution in [0.2, 0.25) is 0 Å². The maximum absolute atomic E-state index is 11.1. The Balaban J connectivity index is 2.58. The molecule has 0 aliphatic heterocycles. The van der Waals surface area contributed by atoms with E-state index in [1.165, 1.54) is 0 Å². The fourth-order valence-corrected chi connectivity index (χ4v) is 1.34. The third-order valence-corrected chi connectivity index (χ3v) is 1.98. The smallest absolute Gasteiger partial charge is 0.249 e. The van der Waals surface area contributed by atoms with E-state index in [0.29, 0.717) is 5.56 Å². The maximum Gasteiger partial charge on any atom is 0.249 e. The molecule has 2 rings (SSSR count). The molecule has 0 saturated carbocycles. The molecule has 0 aliphatic rings. The number of nitrogens with one attached hydrogen (secondary N) is 1. The number of primary amides is 1. The maximum atomic E-state index is 11.1. The molecule has 0 radical (unpaired) electrons. The molecule has 2 aromatic rings. The van der Waals surface area contributed by atoms with Gasteiger partial charge in [-0.3, -0.25) is 4.79 Å². The Morgan fingerprint density at radius 1 is 1.36 bits per heavy atom. The standard InChI is InChI=1S/C10H9N3O/c11-10(14)8-4-2-1-3-7(8)9-5-12-6-13-9/h1-6H,(H2,11,14)(H,12,13). The van der Waals surface area contributed by atoms with Crippen LogP contribution in [0.1, 0.15) is 10.4 Å². The van der Waals surface area contributed by atoms with Gasteiger partial charge in [0.25, 0.3) is 0 Å². The Bertz CT molecular complexity index is 448. The first-order chi connectivity index (χ1) is 6.79. The zero-order valence-electron chi connectivity index (χ0n) is 7.40. The minimum absolute atomic E-state index is 0.435. The van der Waals surface area contributed by atoms with E-state index >= 15 is 0 Å². The van der Waals surface area contributed by atoms with Crippen molar-refractivity contribution in [3.8, 4) is 11.3 Å². The highest BCUT2D eigenvalue weighted by Crippen LogP contribution is 2.20. The molecule has 70 valence electrons. The highest BCUT2D eigenvalue weighted by atomic mass is 16.1. The lowest BCUT2D eigenvalue weighted by Gasteiger charge is -2.02. The Kier molecular flexibility index (Phi) is 2.02. The average Bonchev–Trinajstić information content (AvgIpc) is 2.70. The topological polar surface area (TPSA) is 71.8 Å². The van der Waals surface area contributed by atoms with Crippen LogP contribution in [0.5, 0.6) is 0 Å². The second-order valence-electron chi connectivity index (χ2n) is 2.88. The molecule has 4 heteroatoms. The summed E-state index contributed by atoms with van der Waals surface area (Å²) in [5, 5.41) is 0. The van der Waals surface area contributed by atoms with Crippen molar-refractivity contribution in [1.82, 2.24) is 9.97 Å². The Morgan fingerprint density at radius 3 is 2.79 bits per heavy atom. The molecule has 0 bridgehead atoms. The normalized spacial score (nSPS) is 10.0. The van der Waals surface area contributed by atoms with E-state index in [1.807, 2.05) is 12.1 Å². The summed E-state index contributed by atoms with van der Waals surface area (Å²) in [6.45, 7) is 0. The summed E-state index contributed by atoms with van der Waals surface area (Å²) in [5.41, 5.74) is 7.31. The summed E-state index contributed by atoms with van der Waals surface area (Å²) < 4.78 is 0. The van der Waals surface area contributed by atoms with E-state index in [-0.39, 0.29) is 0 Å². The molecular weight excluding hydrogens is 178 g/mol. The predicted molar refractivity (Wildman–Crippen MR) is 52.5 cm³/mol. The molecule has 1 aromatic heterocycles. The molecule has 3 N–H and O–H groups in total. The largest absolute Gasteiger partial charge is 0.366 e. The number of rotatable bonds is 2. The van der Waals surface area contributed by atoms with Crippen LogP contribution >= 0.6 is 0 Å². The van der Waals surface area contributed by atoms with E-state index in [9.17, 15) is 4.79 Å². The Hall–Kier alpha value is -2.10. The average molecular weight is 187 g/mol. The molecule has 0 saturated heterocycles.